The lowest BCUT2D eigenvalue weighted by atomic mass is 9.61. The zero-order valence-electron chi connectivity index (χ0n) is 22.1. The summed E-state index contributed by atoms with van der Waals surface area (Å²) >= 11 is 6.61. The van der Waals surface area contributed by atoms with Crippen molar-refractivity contribution in [2.75, 3.05) is 45.3 Å². The van der Waals surface area contributed by atoms with Crippen molar-refractivity contribution >= 4 is 28.7 Å². The first-order valence-corrected chi connectivity index (χ1v) is 12.9. The molecule has 0 amide bonds. The van der Waals surface area contributed by atoms with E-state index in [1.807, 2.05) is 6.92 Å². The average molecular weight is 530 g/mol. The number of nitrogens with zero attached hydrogens (tertiary/aromatic N) is 3. The number of methoxy groups -OCH3 is 1. The highest BCUT2D eigenvalue weighted by atomic mass is 35.5. The highest BCUT2D eigenvalue weighted by molar-refractivity contribution is 6.33. The lowest BCUT2D eigenvalue weighted by Gasteiger charge is -2.60. The Hall–Kier alpha value is -2.72. The van der Waals surface area contributed by atoms with E-state index < -0.39 is 6.10 Å². The van der Waals surface area contributed by atoms with Gasteiger partial charge in [-0.3, -0.25) is 0 Å². The minimum atomic E-state index is -0.657. The van der Waals surface area contributed by atoms with Gasteiger partial charge in [0.2, 0.25) is 0 Å². The molecule has 0 bridgehead atoms. The molecular weight excluding hydrogens is 494 g/mol. The second-order valence-corrected chi connectivity index (χ2v) is 10.5. The fraction of sp³-hybridized carbons (Fsp3) is 0.519. The number of rotatable bonds is 10. The third-order valence-electron chi connectivity index (χ3n) is 7.34. The molecule has 200 valence electrons. The Morgan fingerprint density at radius 1 is 1.32 bits per heavy atom. The molecule has 4 rings (SSSR count). The Kier molecular flexibility index (Phi) is 8.08. The standard InChI is InChI=1S/C27H36ClN5O4/c1-15-24(23(16(2)29)17(3)34)31-25(32-26(15)33-13-27(14-33)9-8-22(27)36-5)20-10-19(6-7-21(20)28)37-12-18(35)11-30-4/h6-7,10,18,22,29-30,34-35H,8-9,11-14H2,1-5H3/b23-17+,29-16?/t18-,22?/m1/s1. The second kappa shape index (κ2) is 10.9. The summed E-state index contributed by atoms with van der Waals surface area (Å²) in [5.41, 5.74) is 2.58. The number of allylic oxidation sites excluding steroid dienone is 2. The molecule has 10 heteroatoms. The molecule has 2 aliphatic rings. The summed E-state index contributed by atoms with van der Waals surface area (Å²) < 4.78 is 11.5. The van der Waals surface area contributed by atoms with Crippen molar-refractivity contribution in [1.82, 2.24) is 15.3 Å². The number of hydrogen-bond donors (Lipinski definition) is 4. The van der Waals surface area contributed by atoms with Crippen LogP contribution in [0.2, 0.25) is 5.02 Å². The van der Waals surface area contributed by atoms with Crippen LogP contribution in [0.4, 0.5) is 5.82 Å². The Labute approximate surface area is 223 Å². The van der Waals surface area contributed by atoms with Gasteiger partial charge in [-0.15, -0.1) is 0 Å². The van der Waals surface area contributed by atoms with Crippen molar-refractivity contribution in [2.45, 2.75) is 45.8 Å². The van der Waals surface area contributed by atoms with Crippen LogP contribution in [-0.4, -0.2) is 78.5 Å². The average Bonchev–Trinajstić information content (AvgIpc) is 2.79. The first-order valence-electron chi connectivity index (χ1n) is 12.5. The maximum Gasteiger partial charge on any atom is 0.163 e. The predicted octanol–water partition coefficient (Wildman–Crippen LogP) is 4.01. The van der Waals surface area contributed by atoms with Crippen LogP contribution in [0.15, 0.2) is 24.0 Å². The van der Waals surface area contributed by atoms with Crippen molar-refractivity contribution in [3.05, 3.63) is 40.2 Å². The van der Waals surface area contributed by atoms with Crippen molar-refractivity contribution in [3.63, 3.8) is 0 Å². The van der Waals surface area contributed by atoms with Gasteiger partial charge < -0.3 is 35.3 Å². The Balaban J connectivity index is 1.76. The minimum Gasteiger partial charge on any atom is -0.512 e. The molecule has 37 heavy (non-hydrogen) atoms. The van der Waals surface area contributed by atoms with E-state index in [9.17, 15) is 10.2 Å². The number of hydrogen-bond acceptors (Lipinski definition) is 9. The Bertz CT molecular complexity index is 1210. The first kappa shape index (κ1) is 27.3. The third-order valence-corrected chi connectivity index (χ3v) is 7.67. The smallest absolute Gasteiger partial charge is 0.163 e. The number of aromatic nitrogens is 2. The summed E-state index contributed by atoms with van der Waals surface area (Å²) in [6.45, 7) is 7.28. The molecule has 2 heterocycles. The van der Waals surface area contributed by atoms with E-state index in [1.165, 1.54) is 0 Å². The molecule has 2 fully saturated rings. The summed E-state index contributed by atoms with van der Waals surface area (Å²) in [7, 11) is 3.53. The molecule has 0 radical (unpaired) electrons. The van der Waals surface area contributed by atoms with E-state index in [0.717, 1.165) is 37.3 Å². The fourth-order valence-electron chi connectivity index (χ4n) is 5.31. The van der Waals surface area contributed by atoms with Crippen molar-refractivity contribution in [3.8, 4) is 17.1 Å². The van der Waals surface area contributed by atoms with Crippen LogP contribution in [0.3, 0.4) is 0 Å². The summed E-state index contributed by atoms with van der Waals surface area (Å²) in [5.74, 6) is 1.67. The second-order valence-electron chi connectivity index (χ2n) is 10.1. The number of anilines is 1. The lowest BCUT2D eigenvalue weighted by Crippen LogP contribution is -2.67. The molecule has 1 aromatic heterocycles. The maximum absolute atomic E-state index is 10.5. The maximum atomic E-state index is 10.5. The van der Waals surface area contributed by atoms with Crippen molar-refractivity contribution in [2.24, 2.45) is 5.41 Å². The highest BCUT2D eigenvalue weighted by Gasteiger charge is 2.55. The molecule has 4 N–H and O–H groups in total. The number of ether oxygens (including phenoxy) is 2. The van der Waals surface area contributed by atoms with Gasteiger partial charge in [0, 0.05) is 49.0 Å². The van der Waals surface area contributed by atoms with Crippen LogP contribution in [0, 0.1) is 17.7 Å². The lowest BCUT2D eigenvalue weighted by molar-refractivity contribution is -0.106. The zero-order valence-corrected chi connectivity index (χ0v) is 22.8. The highest BCUT2D eigenvalue weighted by Crippen LogP contribution is 2.51. The molecule has 2 aromatic rings. The van der Waals surface area contributed by atoms with Crippen LogP contribution < -0.4 is 15.0 Å². The summed E-state index contributed by atoms with van der Waals surface area (Å²) in [5, 5.41) is 32.1. The van der Waals surface area contributed by atoms with E-state index in [4.69, 9.17) is 36.5 Å². The van der Waals surface area contributed by atoms with Gasteiger partial charge >= 0.3 is 0 Å². The van der Waals surface area contributed by atoms with Crippen molar-refractivity contribution in [1.29, 1.82) is 5.41 Å². The Morgan fingerprint density at radius 3 is 2.62 bits per heavy atom. The molecule has 1 saturated heterocycles. The fourth-order valence-corrected chi connectivity index (χ4v) is 5.52. The molecule has 2 atom stereocenters. The number of halogens is 1. The number of benzene rings is 1. The number of nitrogens with one attached hydrogen (secondary N) is 2. The van der Waals surface area contributed by atoms with Crippen LogP contribution in [-0.2, 0) is 4.74 Å². The van der Waals surface area contributed by atoms with Gasteiger partial charge in [0.25, 0.3) is 0 Å². The topological polar surface area (TPSA) is 124 Å². The van der Waals surface area contributed by atoms with Crippen LogP contribution >= 0.6 is 11.6 Å². The number of aliphatic hydroxyl groups is 2. The molecule has 1 aliphatic heterocycles. The summed E-state index contributed by atoms with van der Waals surface area (Å²) in [4.78, 5) is 11.9. The van der Waals surface area contributed by atoms with E-state index in [2.05, 4.69) is 10.2 Å². The normalized spacial score (nSPS) is 19.6. The van der Waals surface area contributed by atoms with Crippen molar-refractivity contribution < 1.29 is 19.7 Å². The van der Waals surface area contributed by atoms with Crippen LogP contribution in [0.25, 0.3) is 17.0 Å². The predicted molar refractivity (Wildman–Crippen MR) is 146 cm³/mol. The Morgan fingerprint density at radius 2 is 2.05 bits per heavy atom. The molecule has 1 unspecified atom stereocenters. The minimum absolute atomic E-state index is 0.0198. The van der Waals surface area contributed by atoms with Gasteiger partial charge in [-0.25, -0.2) is 9.97 Å². The number of likely N-dealkylation sites (N-methyl/N-ethyl adjacent to an activating group) is 1. The van der Waals surface area contributed by atoms with Gasteiger partial charge in [-0.2, -0.15) is 0 Å². The van der Waals surface area contributed by atoms with Crippen LogP contribution in [0.1, 0.15) is 37.9 Å². The molecule has 9 nitrogen and oxygen atoms in total. The van der Waals surface area contributed by atoms with E-state index in [0.29, 0.717) is 40.0 Å². The van der Waals surface area contributed by atoms with E-state index in [-0.39, 0.29) is 29.6 Å². The quantitative estimate of drug-likeness (QED) is 0.269. The number of aliphatic hydroxyl groups excluding tert-OH is 2. The third kappa shape index (κ3) is 5.31. The molecule has 1 aromatic carbocycles. The van der Waals surface area contributed by atoms with E-state index in [1.54, 1.807) is 46.2 Å². The van der Waals surface area contributed by atoms with Gasteiger partial charge in [0.1, 0.15) is 30.0 Å². The summed E-state index contributed by atoms with van der Waals surface area (Å²) in [6, 6.07) is 5.20. The van der Waals surface area contributed by atoms with Gasteiger partial charge in [0.15, 0.2) is 5.82 Å². The molecule has 1 saturated carbocycles. The first-order chi connectivity index (χ1) is 17.6. The largest absolute Gasteiger partial charge is 0.512 e. The van der Waals surface area contributed by atoms with Gasteiger partial charge in [0.05, 0.1) is 22.4 Å². The van der Waals surface area contributed by atoms with Crippen LogP contribution in [0.5, 0.6) is 5.75 Å². The van der Waals surface area contributed by atoms with Gasteiger partial charge in [-0.05, 0) is 58.9 Å². The molecule has 1 spiro atoms. The molecular formula is C27H36ClN5O4. The van der Waals surface area contributed by atoms with E-state index >= 15 is 0 Å². The SMILES string of the molecule is CNC[C@@H](O)COc1ccc(Cl)c(-c2nc(/C(C(C)=N)=C(\C)O)c(C)c(N3CC4(CCC4OC)C3)n2)c1. The summed E-state index contributed by atoms with van der Waals surface area (Å²) in [6.07, 6.45) is 1.79. The zero-order chi connectivity index (χ0) is 26.9. The molecule has 1 aliphatic carbocycles. The monoisotopic (exact) mass is 529 g/mol. The van der Waals surface area contributed by atoms with Gasteiger partial charge in [-0.1, -0.05) is 11.6 Å².